The van der Waals surface area contributed by atoms with Crippen molar-refractivity contribution in [2.24, 2.45) is 7.05 Å². The first-order valence-electron chi connectivity index (χ1n) is 5.65. The Balaban J connectivity index is 1.92. The van der Waals surface area contributed by atoms with Gasteiger partial charge in [0.05, 0.1) is 12.4 Å². The van der Waals surface area contributed by atoms with E-state index in [0.717, 1.165) is 25.4 Å². The van der Waals surface area contributed by atoms with E-state index < -0.39 is 0 Å². The molecule has 0 aliphatic carbocycles. The summed E-state index contributed by atoms with van der Waals surface area (Å²) in [5.41, 5.74) is 0. The van der Waals surface area contributed by atoms with Crippen LogP contribution in [0.2, 0.25) is 0 Å². The van der Waals surface area contributed by atoms with Crippen molar-refractivity contribution >= 4 is 0 Å². The molecule has 0 aromatic carbocycles. The van der Waals surface area contributed by atoms with E-state index in [4.69, 9.17) is 4.74 Å². The van der Waals surface area contributed by atoms with Gasteiger partial charge in [-0.2, -0.15) is 5.10 Å². The summed E-state index contributed by atoms with van der Waals surface area (Å²) in [5.74, 6) is 0.831. The summed E-state index contributed by atoms with van der Waals surface area (Å²) in [6, 6.07) is 0. The van der Waals surface area contributed by atoms with E-state index in [-0.39, 0.29) is 0 Å². The van der Waals surface area contributed by atoms with Gasteiger partial charge in [-0.3, -0.25) is 4.68 Å². The number of nitrogens with one attached hydrogen (secondary N) is 1. The van der Waals surface area contributed by atoms with Gasteiger partial charge in [0.1, 0.15) is 6.61 Å². The molecular formula is C11H22N4O. The van der Waals surface area contributed by atoms with Gasteiger partial charge in [0, 0.05) is 13.6 Å². The molecule has 0 aliphatic rings. The van der Waals surface area contributed by atoms with E-state index in [9.17, 15) is 0 Å². The van der Waals surface area contributed by atoms with Crippen molar-refractivity contribution < 1.29 is 4.74 Å². The van der Waals surface area contributed by atoms with Gasteiger partial charge >= 0.3 is 0 Å². The largest absolute Gasteiger partial charge is 0.489 e. The summed E-state index contributed by atoms with van der Waals surface area (Å²) < 4.78 is 7.23. The lowest BCUT2D eigenvalue weighted by molar-refractivity contribution is 0.311. The van der Waals surface area contributed by atoms with Crippen molar-refractivity contribution in [3.8, 4) is 5.75 Å². The normalized spacial score (nSPS) is 11.0. The minimum atomic E-state index is 0.688. The quantitative estimate of drug-likeness (QED) is 0.649. The monoisotopic (exact) mass is 226 g/mol. The van der Waals surface area contributed by atoms with Crippen LogP contribution >= 0.6 is 0 Å². The van der Waals surface area contributed by atoms with Crippen LogP contribution in [0.15, 0.2) is 12.4 Å². The van der Waals surface area contributed by atoms with Crippen molar-refractivity contribution in [1.82, 2.24) is 20.0 Å². The first-order chi connectivity index (χ1) is 7.68. The first-order valence-corrected chi connectivity index (χ1v) is 5.65. The maximum atomic E-state index is 5.50. The molecule has 1 aromatic rings. The molecule has 1 N–H and O–H groups in total. The predicted octanol–water partition coefficient (Wildman–Crippen LogP) is 0.340. The highest BCUT2D eigenvalue weighted by atomic mass is 16.5. The molecule has 0 bridgehead atoms. The molecular weight excluding hydrogens is 204 g/mol. The van der Waals surface area contributed by atoms with Crippen LogP contribution in [0, 0.1) is 0 Å². The summed E-state index contributed by atoms with van der Waals surface area (Å²) in [7, 11) is 6.06. The number of nitrogens with zero attached hydrogens (tertiary/aromatic N) is 3. The van der Waals surface area contributed by atoms with Gasteiger partial charge < -0.3 is 15.0 Å². The Kier molecular flexibility index (Phi) is 5.88. The Morgan fingerprint density at radius 2 is 2.25 bits per heavy atom. The zero-order valence-corrected chi connectivity index (χ0v) is 10.4. The average molecular weight is 226 g/mol. The molecule has 1 aromatic heterocycles. The van der Waals surface area contributed by atoms with Crippen LogP contribution in [-0.4, -0.2) is 55.0 Å². The second kappa shape index (κ2) is 7.24. The van der Waals surface area contributed by atoms with E-state index in [2.05, 4.69) is 29.4 Å². The molecule has 16 heavy (non-hydrogen) atoms. The van der Waals surface area contributed by atoms with Crippen molar-refractivity contribution in [3.63, 3.8) is 0 Å². The third-order valence-corrected chi connectivity index (χ3v) is 2.19. The van der Waals surface area contributed by atoms with E-state index in [0.29, 0.717) is 6.61 Å². The van der Waals surface area contributed by atoms with Crippen LogP contribution in [0.25, 0.3) is 0 Å². The standard InChI is InChI=1S/C11H22N4O/c1-14(2)7-4-5-12-6-8-16-11-9-13-15(3)10-11/h9-10,12H,4-8H2,1-3H3. The minimum Gasteiger partial charge on any atom is -0.489 e. The Bertz CT molecular complexity index is 285. The lowest BCUT2D eigenvalue weighted by Gasteiger charge is -2.09. The third kappa shape index (κ3) is 5.72. The molecule has 0 saturated heterocycles. The van der Waals surface area contributed by atoms with Crippen LogP contribution in [0.4, 0.5) is 0 Å². The molecule has 1 heterocycles. The van der Waals surface area contributed by atoms with Gasteiger partial charge in [-0.05, 0) is 33.6 Å². The Morgan fingerprint density at radius 3 is 2.88 bits per heavy atom. The number of aromatic nitrogens is 2. The fourth-order valence-electron chi connectivity index (χ4n) is 1.36. The molecule has 0 unspecified atom stereocenters. The molecule has 0 atom stereocenters. The number of hydrogen-bond donors (Lipinski definition) is 1. The number of aryl methyl sites for hydroxylation is 1. The van der Waals surface area contributed by atoms with Crippen LogP contribution < -0.4 is 10.1 Å². The number of rotatable bonds is 8. The van der Waals surface area contributed by atoms with Crippen LogP contribution in [0.1, 0.15) is 6.42 Å². The predicted molar refractivity (Wildman–Crippen MR) is 64.7 cm³/mol. The average Bonchev–Trinajstić information content (AvgIpc) is 2.62. The minimum absolute atomic E-state index is 0.688. The summed E-state index contributed by atoms with van der Waals surface area (Å²) in [6.07, 6.45) is 4.76. The van der Waals surface area contributed by atoms with Crippen LogP contribution in [0.5, 0.6) is 5.75 Å². The Labute approximate surface area is 97.4 Å². The third-order valence-electron chi connectivity index (χ3n) is 2.19. The molecule has 0 fully saturated rings. The van der Waals surface area contributed by atoms with Crippen molar-refractivity contribution in [2.75, 3.05) is 40.3 Å². The fourth-order valence-corrected chi connectivity index (χ4v) is 1.36. The zero-order chi connectivity index (χ0) is 11.8. The molecule has 5 heteroatoms. The molecule has 5 nitrogen and oxygen atoms in total. The molecule has 0 spiro atoms. The lowest BCUT2D eigenvalue weighted by atomic mass is 10.4. The highest BCUT2D eigenvalue weighted by Crippen LogP contribution is 2.05. The highest BCUT2D eigenvalue weighted by molar-refractivity contribution is 5.11. The maximum Gasteiger partial charge on any atom is 0.157 e. The highest BCUT2D eigenvalue weighted by Gasteiger charge is 1.95. The summed E-state index contributed by atoms with van der Waals surface area (Å²) in [4.78, 5) is 2.19. The fraction of sp³-hybridized carbons (Fsp3) is 0.727. The summed E-state index contributed by atoms with van der Waals surface area (Å²) >= 11 is 0. The van der Waals surface area contributed by atoms with E-state index in [1.165, 1.54) is 6.42 Å². The second-order valence-electron chi connectivity index (χ2n) is 4.10. The van der Waals surface area contributed by atoms with Crippen LogP contribution in [0.3, 0.4) is 0 Å². The summed E-state index contributed by atoms with van der Waals surface area (Å²) in [5, 5.41) is 7.37. The second-order valence-corrected chi connectivity index (χ2v) is 4.10. The van der Waals surface area contributed by atoms with Gasteiger partial charge in [-0.25, -0.2) is 0 Å². The van der Waals surface area contributed by atoms with Gasteiger partial charge in [-0.1, -0.05) is 0 Å². The van der Waals surface area contributed by atoms with E-state index in [1.807, 2.05) is 13.2 Å². The molecule has 0 aliphatic heterocycles. The van der Waals surface area contributed by atoms with Crippen molar-refractivity contribution in [2.45, 2.75) is 6.42 Å². The molecule has 92 valence electrons. The topological polar surface area (TPSA) is 42.3 Å². The molecule has 0 saturated carbocycles. The lowest BCUT2D eigenvalue weighted by Crippen LogP contribution is -2.25. The molecule has 0 radical (unpaired) electrons. The zero-order valence-electron chi connectivity index (χ0n) is 10.4. The molecule has 0 amide bonds. The SMILES string of the molecule is CN(C)CCCNCCOc1cnn(C)c1. The number of hydrogen-bond acceptors (Lipinski definition) is 4. The first kappa shape index (κ1) is 13.0. The van der Waals surface area contributed by atoms with Gasteiger partial charge in [0.2, 0.25) is 0 Å². The van der Waals surface area contributed by atoms with Crippen molar-refractivity contribution in [1.29, 1.82) is 0 Å². The van der Waals surface area contributed by atoms with Gasteiger partial charge in [-0.15, -0.1) is 0 Å². The summed E-state index contributed by atoms with van der Waals surface area (Å²) in [6.45, 7) is 3.72. The van der Waals surface area contributed by atoms with Crippen molar-refractivity contribution in [3.05, 3.63) is 12.4 Å². The van der Waals surface area contributed by atoms with Gasteiger partial charge in [0.15, 0.2) is 5.75 Å². The number of ether oxygens (including phenoxy) is 1. The smallest absolute Gasteiger partial charge is 0.157 e. The Morgan fingerprint density at radius 1 is 1.44 bits per heavy atom. The molecule has 1 rings (SSSR count). The maximum absolute atomic E-state index is 5.50. The van der Waals surface area contributed by atoms with E-state index >= 15 is 0 Å². The van der Waals surface area contributed by atoms with Crippen LogP contribution in [-0.2, 0) is 7.05 Å². The van der Waals surface area contributed by atoms with Gasteiger partial charge in [0.25, 0.3) is 0 Å². The Hall–Kier alpha value is -1.07. The van der Waals surface area contributed by atoms with E-state index in [1.54, 1.807) is 10.9 Å².